The van der Waals surface area contributed by atoms with Gasteiger partial charge in [0.1, 0.15) is 18.3 Å². The summed E-state index contributed by atoms with van der Waals surface area (Å²) in [7, 11) is -10.8. The number of fused-ring (bicyclic) bond motifs is 1. The van der Waals surface area contributed by atoms with Crippen molar-refractivity contribution < 1.29 is 61.6 Å². The van der Waals surface area contributed by atoms with E-state index < -0.39 is 64.0 Å². The number of ether oxygens (including phenoxy) is 1. The highest BCUT2D eigenvalue weighted by Crippen LogP contribution is 2.60. The zero-order valence-corrected chi connectivity index (χ0v) is 28.1. The molecular weight excluding hydrogens is 704 g/mol. The van der Waals surface area contributed by atoms with Crippen molar-refractivity contribution in [3.05, 3.63) is 33.1 Å². The van der Waals surface area contributed by atoms with Gasteiger partial charge in [-0.05, 0) is 25.7 Å². The van der Waals surface area contributed by atoms with Crippen molar-refractivity contribution in [1.82, 2.24) is 25.5 Å². The number of aliphatic hydroxyl groups excluding tert-OH is 2. The number of unbranched alkanes of at least 4 members (excludes halogenated alkanes) is 3. The van der Waals surface area contributed by atoms with Crippen LogP contribution in [0.2, 0.25) is 0 Å². The Morgan fingerprint density at radius 3 is 2.52 bits per heavy atom. The van der Waals surface area contributed by atoms with E-state index in [1.54, 1.807) is 0 Å². The molecule has 3 amide bonds. The van der Waals surface area contributed by atoms with E-state index in [9.17, 15) is 53.1 Å². The van der Waals surface area contributed by atoms with Gasteiger partial charge < -0.3 is 40.3 Å². The van der Waals surface area contributed by atoms with Gasteiger partial charge in [0.05, 0.1) is 18.7 Å². The summed E-state index contributed by atoms with van der Waals surface area (Å²) in [5, 5.41) is 29.4. The third-order valence-corrected chi connectivity index (χ3v) is 11.8. The zero-order chi connectivity index (χ0) is 35.1. The van der Waals surface area contributed by atoms with Crippen LogP contribution >= 0.6 is 27.4 Å². The summed E-state index contributed by atoms with van der Waals surface area (Å²) in [6.45, 7) is -0.608. The number of urea groups is 1. The molecule has 20 nitrogen and oxygen atoms in total. The maximum absolute atomic E-state index is 12.2. The van der Waals surface area contributed by atoms with E-state index in [0.29, 0.717) is 37.5 Å². The fraction of sp³-hybridized carbons (Fsp3) is 0.720. The van der Waals surface area contributed by atoms with Crippen molar-refractivity contribution in [3.8, 4) is 0 Å². The third kappa shape index (κ3) is 11.0. The molecule has 48 heavy (non-hydrogen) atoms. The highest BCUT2D eigenvalue weighted by Gasteiger charge is 2.46. The monoisotopic (exact) mass is 743 g/mol. The quantitative estimate of drug-likeness (QED) is 0.0526. The highest BCUT2D eigenvalue weighted by molar-refractivity contribution is 8.00. The molecule has 4 rings (SSSR count). The number of phosphoric acid groups is 2. The number of aliphatic hydroxyl groups is 2. The number of phosphoric ester groups is 2. The molecule has 3 saturated heterocycles. The Hall–Kier alpha value is -2.58. The van der Waals surface area contributed by atoms with E-state index in [0.717, 1.165) is 35.4 Å². The van der Waals surface area contributed by atoms with Gasteiger partial charge in [0, 0.05) is 42.7 Å². The Morgan fingerprint density at radius 1 is 1.02 bits per heavy atom. The SMILES string of the molecule is O=C(CCCCC1SCC2NC(=O)NC21)NCCCCCC(=O)OP(=O)(O)OP(=O)(O)OC[C@H]1O[C@@H](n2ccc(=O)[nH]c2=O)C(O)[C@H]1O. The first-order valence-corrected chi connectivity index (χ1v) is 19.2. The molecule has 3 fully saturated rings. The number of amides is 3. The number of nitrogens with zero attached hydrogens (tertiary/aromatic N) is 1. The molecule has 0 saturated carbocycles. The van der Waals surface area contributed by atoms with E-state index in [1.165, 1.54) is 0 Å². The second-order valence-electron chi connectivity index (χ2n) is 11.4. The molecule has 1 aromatic rings. The van der Waals surface area contributed by atoms with E-state index >= 15 is 0 Å². The summed E-state index contributed by atoms with van der Waals surface area (Å²) in [6.07, 6.45) is -1.84. The van der Waals surface area contributed by atoms with Crippen molar-refractivity contribution in [2.45, 2.75) is 93.2 Å². The number of rotatable bonds is 18. The minimum Gasteiger partial charge on any atom is -0.387 e. The number of carbonyl (C=O) groups excluding carboxylic acids is 3. The number of hydrogen-bond acceptors (Lipinski definition) is 14. The maximum Gasteiger partial charge on any atom is 0.538 e. The molecule has 3 aliphatic heterocycles. The van der Waals surface area contributed by atoms with Crippen LogP contribution in [-0.2, 0) is 36.8 Å². The predicted octanol–water partition coefficient (Wildman–Crippen LogP) is -0.665. The number of thioether (sulfide) groups is 1. The van der Waals surface area contributed by atoms with Gasteiger partial charge in [0.25, 0.3) is 5.56 Å². The van der Waals surface area contributed by atoms with E-state index in [4.69, 9.17) is 4.74 Å². The van der Waals surface area contributed by atoms with Crippen LogP contribution in [-0.4, -0.2) is 102 Å². The Bertz CT molecular complexity index is 1530. The van der Waals surface area contributed by atoms with Crippen LogP contribution in [0.5, 0.6) is 0 Å². The van der Waals surface area contributed by atoms with Gasteiger partial charge in [-0.25, -0.2) is 18.7 Å². The lowest BCUT2D eigenvalue weighted by molar-refractivity contribution is -0.135. The van der Waals surface area contributed by atoms with Gasteiger partial charge >= 0.3 is 33.3 Å². The fourth-order valence-corrected chi connectivity index (χ4v) is 8.99. The Kier molecular flexibility index (Phi) is 13.4. The van der Waals surface area contributed by atoms with Crippen LogP contribution in [0.15, 0.2) is 21.9 Å². The molecule has 0 aliphatic carbocycles. The van der Waals surface area contributed by atoms with Crippen molar-refractivity contribution in [2.24, 2.45) is 0 Å². The van der Waals surface area contributed by atoms with E-state index in [2.05, 4.69) is 29.3 Å². The Labute approximate surface area is 277 Å². The highest BCUT2D eigenvalue weighted by atomic mass is 32.2. The molecule has 0 aromatic carbocycles. The van der Waals surface area contributed by atoms with Gasteiger partial charge in [0.2, 0.25) is 5.91 Å². The fourth-order valence-electron chi connectivity index (χ4n) is 5.40. The molecule has 270 valence electrons. The van der Waals surface area contributed by atoms with Crippen molar-refractivity contribution in [2.75, 3.05) is 18.9 Å². The lowest BCUT2D eigenvalue weighted by Crippen LogP contribution is -2.37. The van der Waals surface area contributed by atoms with Crippen LogP contribution in [0.1, 0.15) is 57.6 Å². The van der Waals surface area contributed by atoms with Gasteiger partial charge in [-0.3, -0.25) is 33.4 Å². The van der Waals surface area contributed by atoms with Crippen LogP contribution in [0.3, 0.4) is 0 Å². The van der Waals surface area contributed by atoms with Crippen LogP contribution in [0, 0.1) is 0 Å². The number of nitrogens with one attached hydrogen (secondary N) is 4. The van der Waals surface area contributed by atoms with E-state index in [1.807, 2.05) is 16.7 Å². The lowest BCUT2D eigenvalue weighted by Gasteiger charge is -2.19. The standard InChI is InChI=1S/C25H39N5O15P2S/c31-17(7-4-3-6-16-20-14(13-48-16)27-24(36)29-20)26-10-5-1-2-8-19(33)44-47(40,41)45-46(38,39)42-12-15-21(34)22(35)23(43-15)30-11-9-18(32)28-25(30)37/h9,11,14-16,20-23,34-35H,1-8,10,12-13H2,(H,26,31)(H,38,39)(H,40,41)(H2,27,29,36)(H,28,32,37)/t14?,15-,16?,20?,21+,22?,23-/m1/s1. The Morgan fingerprint density at radius 2 is 1.77 bits per heavy atom. The molecule has 0 spiro atoms. The maximum atomic E-state index is 12.2. The number of H-pyrrole nitrogens is 1. The smallest absolute Gasteiger partial charge is 0.387 e. The summed E-state index contributed by atoms with van der Waals surface area (Å²) in [6, 6.07) is 1.12. The average Bonchev–Trinajstić information content (AvgIpc) is 3.63. The van der Waals surface area contributed by atoms with Crippen molar-refractivity contribution in [1.29, 1.82) is 0 Å². The average molecular weight is 744 g/mol. The van der Waals surface area contributed by atoms with Gasteiger partial charge in [-0.15, -0.1) is 0 Å². The van der Waals surface area contributed by atoms with Crippen molar-refractivity contribution in [3.63, 3.8) is 0 Å². The molecule has 1 aromatic heterocycles. The molecule has 6 unspecified atom stereocenters. The first kappa shape index (κ1) is 38.2. The second-order valence-corrected chi connectivity index (χ2v) is 15.6. The molecule has 3 aliphatic rings. The van der Waals surface area contributed by atoms with Gasteiger partial charge in [0.15, 0.2) is 6.23 Å². The summed E-state index contributed by atoms with van der Waals surface area (Å²) in [5.74, 6) is -0.424. The van der Waals surface area contributed by atoms with Gasteiger partial charge in [-0.2, -0.15) is 16.1 Å². The summed E-state index contributed by atoms with van der Waals surface area (Å²) < 4.78 is 43.4. The molecular formula is C25H39N5O15P2S. The summed E-state index contributed by atoms with van der Waals surface area (Å²) >= 11 is 1.82. The molecule has 0 radical (unpaired) electrons. The van der Waals surface area contributed by atoms with Gasteiger partial charge in [-0.1, -0.05) is 12.8 Å². The topological polar surface area (TPSA) is 294 Å². The molecule has 9 atom stereocenters. The predicted molar refractivity (Wildman–Crippen MR) is 165 cm³/mol. The van der Waals surface area contributed by atoms with Crippen LogP contribution < -0.4 is 27.2 Å². The molecule has 8 N–H and O–H groups in total. The second kappa shape index (κ2) is 16.9. The molecule has 0 bridgehead atoms. The normalized spacial score (nSPS) is 28.9. The third-order valence-electron chi connectivity index (χ3n) is 7.75. The number of aromatic nitrogens is 2. The number of aromatic amines is 1. The lowest BCUT2D eigenvalue weighted by atomic mass is 10.0. The largest absolute Gasteiger partial charge is 0.538 e. The minimum atomic E-state index is -5.43. The van der Waals surface area contributed by atoms with E-state index in [-0.39, 0.29) is 36.9 Å². The van der Waals surface area contributed by atoms with Crippen LogP contribution in [0.4, 0.5) is 4.79 Å². The minimum absolute atomic E-state index is 0.106. The Balaban J connectivity index is 1.06. The van der Waals surface area contributed by atoms with Crippen molar-refractivity contribution >= 4 is 45.3 Å². The first-order chi connectivity index (χ1) is 22.6. The number of carbonyl (C=O) groups is 3. The molecule has 23 heteroatoms. The first-order valence-electron chi connectivity index (χ1n) is 15.2. The number of hydrogen-bond donors (Lipinski definition) is 8. The van der Waals surface area contributed by atoms with Crippen LogP contribution in [0.25, 0.3) is 0 Å². The summed E-state index contributed by atoms with van der Waals surface area (Å²) in [4.78, 5) is 80.3. The molecule has 4 heterocycles. The summed E-state index contributed by atoms with van der Waals surface area (Å²) in [5.41, 5.74) is -1.70. The zero-order valence-electron chi connectivity index (χ0n) is 25.5.